The van der Waals surface area contributed by atoms with Crippen molar-refractivity contribution in [3.05, 3.63) is 10.6 Å². The first-order chi connectivity index (χ1) is 9.13. The summed E-state index contributed by atoms with van der Waals surface area (Å²) in [4.78, 5) is 15.0. The molecule has 1 aromatic heterocycles. The zero-order valence-electron chi connectivity index (χ0n) is 11.5. The van der Waals surface area contributed by atoms with Crippen LogP contribution in [0.15, 0.2) is 0 Å². The average Bonchev–Trinajstić information content (AvgIpc) is 2.88. The quantitative estimate of drug-likeness (QED) is 0.882. The molecule has 1 N–H and O–H groups in total. The Bertz CT molecular complexity index is 433. The molecule has 106 valence electrons. The highest BCUT2D eigenvalue weighted by molar-refractivity contribution is 7.08. The van der Waals surface area contributed by atoms with Crippen LogP contribution in [0.4, 0.5) is 0 Å². The fraction of sp³-hybridized carbons (Fsp3) is 0.750. The summed E-state index contributed by atoms with van der Waals surface area (Å²) < 4.78 is 9.52. The number of hydrogen-bond acceptors (Lipinski definition) is 6. The summed E-state index contributed by atoms with van der Waals surface area (Å²) in [6.07, 6.45) is 0.0612. The topological polar surface area (TPSA) is 67.4 Å². The van der Waals surface area contributed by atoms with Gasteiger partial charge in [-0.2, -0.15) is 0 Å². The lowest BCUT2D eigenvalue weighted by atomic mass is 10.1. The van der Waals surface area contributed by atoms with E-state index in [2.05, 4.69) is 14.9 Å². The zero-order valence-corrected chi connectivity index (χ0v) is 12.4. The van der Waals surface area contributed by atoms with Gasteiger partial charge in [0.05, 0.1) is 18.4 Å². The Kier molecular flexibility index (Phi) is 4.84. The Morgan fingerprint density at radius 1 is 1.63 bits per heavy atom. The minimum Gasteiger partial charge on any atom is -0.373 e. The average molecular weight is 284 g/mol. The van der Waals surface area contributed by atoms with Gasteiger partial charge in [0.15, 0.2) is 0 Å². The molecule has 0 radical (unpaired) electrons. The van der Waals surface area contributed by atoms with E-state index in [0.717, 1.165) is 12.2 Å². The van der Waals surface area contributed by atoms with Gasteiger partial charge in [0.1, 0.15) is 4.88 Å². The van der Waals surface area contributed by atoms with E-state index in [9.17, 15) is 4.79 Å². The number of aromatic nitrogens is 2. The third kappa shape index (κ3) is 3.29. The maximum atomic E-state index is 12.5. The number of nitrogens with one attached hydrogen (secondary N) is 1. The first kappa shape index (κ1) is 14.4. The van der Waals surface area contributed by atoms with Crippen LogP contribution in [0.25, 0.3) is 0 Å². The van der Waals surface area contributed by atoms with E-state index in [1.165, 1.54) is 11.5 Å². The van der Waals surface area contributed by atoms with Gasteiger partial charge in [-0.3, -0.25) is 4.79 Å². The van der Waals surface area contributed by atoms with Gasteiger partial charge >= 0.3 is 0 Å². The van der Waals surface area contributed by atoms with Gasteiger partial charge in [-0.05, 0) is 24.5 Å². The maximum absolute atomic E-state index is 12.5. The van der Waals surface area contributed by atoms with E-state index >= 15 is 0 Å². The molecule has 0 bridgehead atoms. The number of likely N-dealkylation sites (N-methyl/N-ethyl adjacent to an activating group) is 1. The molecule has 7 heteroatoms. The Labute approximate surface area is 117 Å². The molecule has 1 aromatic rings. The van der Waals surface area contributed by atoms with Crippen molar-refractivity contribution < 1.29 is 9.53 Å². The summed E-state index contributed by atoms with van der Waals surface area (Å²) in [7, 11) is 1.88. The molecule has 1 atom stereocenters. The number of ether oxygens (including phenoxy) is 1. The van der Waals surface area contributed by atoms with E-state index < -0.39 is 0 Å². The molecule has 0 saturated carbocycles. The van der Waals surface area contributed by atoms with Crippen LogP contribution in [0.3, 0.4) is 0 Å². The summed E-state index contributed by atoms with van der Waals surface area (Å²) in [5.41, 5.74) is 0.798. The second-order valence-corrected chi connectivity index (χ2v) is 5.70. The SMILES string of the molecule is CNCC1CN(C(=O)c2snnc2C(C)C)CCO1. The summed E-state index contributed by atoms with van der Waals surface area (Å²) in [6, 6.07) is 0. The minimum absolute atomic E-state index is 0.0307. The highest BCUT2D eigenvalue weighted by atomic mass is 32.1. The van der Waals surface area contributed by atoms with Crippen molar-refractivity contribution in [3.63, 3.8) is 0 Å². The van der Waals surface area contributed by atoms with Crippen molar-refractivity contribution >= 4 is 17.4 Å². The van der Waals surface area contributed by atoms with Gasteiger partial charge in [0.25, 0.3) is 5.91 Å². The van der Waals surface area contributed by atoms with Crippen LogP contribution in [0.2, 0.25) is 0 Å². The summed E-state index contributed by atoms with van der Waals surface area (Å²) in [5.74, 6) is 0.245. The van der Waals surface area contributed by atoms with Crippen LogP contribution in [-0.2, 0) is 4.74 Å². The van der Waals surface area contributed by atoms with Crippen molar-refractivity contribution in [1.82, 2.24) is 19.8 Å². The van der Waals surface area contributed by atoms with Crippen molar-refractivity contribution in [2.75, 3.05) is 33.3 Å². The third-order valence-electron chi connectivity index (χ3n) is 3.11. The van der Waals surface area contributed by atoms with Gasteiger partial charge in [0.2, 0.25) is 0 Å². The van der Waals surface area contributed by atoms with Crippen molar-refractivity contribution in [2.45, 2.75) is 25.9 Å². The van der Waals surface area contributed by atoms with E-state index in [0.29, 0.717) is 24.6 Å². The molecule has 1 aliphatic rings. The fourth-order valence-electron chi connectivity index (χ4n) is 2.12. The maximum Gasteiger partial charge on any atom is 0.267 e. The standard InChI is InChI=1S/C12H20N4O2S/c1-8(2)10-11(19-15-14-10)12(17)16-4-5-18-9(7-16)6-13-3/h8-9,13H,4-7H2,1-3H3. The van der Waals surface area contributed by atoms with Gasteiger partial charge < -0.3 is 15.0 Å². The highest BCUT2D eigenvalue weighted by Gasteiger charge is 2.28. The number of carbonyl (C=O) groups excluding carboxylic acids is 1. The van der Waals surface area contributed by atoms with Crippen LogP contribution in [0, 0.1) is 0 Å². The minimum atomic E-state index is 0.0307. The number of carbonyl (C=O) groups is 1. The molecule has 0 spiro atoms. The molecule has 1 unspecified atom stereocenters. The van der Waals surface area contributed by atoms with Crippen molar-refractivity contribution in [3.8, 4) is 0 Å². The van der Waals surface area contributed by atoms with Crippen LogP contribution in [-0.4, -0.2) is 59.8 Å². The molecule has 1 amide bonds. The largest absolute Gasteiger partial charge is 0.373 e. The molecule has 1 saturated heterocycles. The lowest BCUT2D eigenvalue weighted by Gasteiger charge is -2.32. The molecule has 19 heavy (non-hydrogen) atoms. The summed E-state index contributed by atoms with van der Waals surface area (Å²) in [5, 5.41) is 7.14. The smallest absolute Gasteiger partial charge is 0.267 e. The Hall–Kier alpha value is -1.05. The molecule has 2 rings (SSSR count). The number of nitrogens with zero attached hydrogens (tertiary/aromatic N) is 3. The normalized spacial score (nSPS) is 20.0. The van der Waals surface area contributed by atoms with Crippen molar-refractivity contribution in [1.29, 1.82) is 0 Å². The molecule has 1 aliphatic heterocycles. The number of rotatable bonds is 4. The van der Waals surface area contributed by atoms with E-state index in [4.69, 9.17) is 4.74 Å². The first-order valence-electron chi connectivity index (χ1n) is 6.51. The summed E-state index contributed by atoms with van der Waals surface area (Å²) >= 11 is 1.19. The van der Waals surface area contributed by atoms with Gasteiger partial charge in [-0.15, -0.1) is 5.10 Å². The van der Waals surface area contributed by atoms with Crippen LogP contribution in [0.1, 0.15) is 35.1 Å². The van der Waals surface area contributed by atoms with Crippen LogP contribution < -0.4 is 5.32 Å². The predicted octanol–water partition coefficient (Wildman–Crippen LogP) is 0.722. The fourth-order valence-corrected chi connectivity index (χ4v) is 2.91. The first-order valence-corrected chi connectivity index (χ1v) is 7.28. The Morgan fingerprint density at radius 2 is 2.42 bits per heavy atom. The second-order valence-electron chi connectivity index (χ2n) is 4.94. The second kappa shape index (κ2) is 6.40. The predicted molar refractivity (Wildman–Crippen MR) is 73.6 cm³/mol. The molecular weight excluding hydrogens is 264 g/mol. The summed E-state index contributed by atoms with van der Waals surface area (Å²) in [6.45, 7) is 6.64. The molecular formula is C12H20N4O2S. The number of morpholine rings is 1. The van der Waals surface area contributed by atoms with E-state index in [1.807, 2.05) is 25.8 Å². The zero-order chi connectivity index (χ0) is 13.8. The lowest BCUT2D eigenvalue weighted by Crippen LogP contribution is -2.48. The van der Waals surface area contributed by atoms with Gasteiger partial charge in [-0.25, -0.2) is 0 Å². The van der Waals surface area contributed by atoms with E-state index in [-0.39, 0.29) is 17.9 Å². The van der Waals surface area contributed by atoms with Crippen LogP contribution >= 0.6 is 11.5 Å². The lowest BCUT2D eigenvalue weighted by molar-refractivity contribution is -0.0195. The highest BCUT2D eigenvalue weighted by Crippen LogP contribution is 2.22. The molecule has 0 aliphatic carbocycles. The van der Waals surface area contributed by atoms with Crippen molar-refractivity contribution in [2.24, 2.45) is 0 Å². The number of hydrogen-bond donors (Lipinski definition) is 1. The van der Waals surface area contributed by atoms with Gasteiger partial charge in [0, 0.05) is 19.6 Å². The molecule has 0 aromatic carbocycles. The molecule has 1 fully saturated rings. The molecule has 2 heterocycles. The Morgan fingerprint density at radius 3 is 3.11 bits per heavy atom. The Balaban J connectivity index is 2.08. The van der Waals surface area contributed by atoms with Crippen LogP contribution in [0.5, 0.6) is 0 Å². The number of amides is 1. The third-order valence-corrected chi connectivity index (χ3v) is 3.84. The monoisotopic (exact) mass is 284 g/mol. The van der Waals surface area contributed by atoms with Gasteiger partial charge in [-0.1, -0.05) is 18.3 Å². The molecule has 6 nitrogen and oxygen atoms in total. The van der Waals surface area contributed by atoms with E-state index in [1.54, 1.807) is 0 Å².